The van der Waals surface area contributed by atoms with Crippen molar-refractivity contribution in [2.75, 3.05) is 32.5 Å². The Morgan fingerprint density at radius 2 is 2.32 bits per heavy atom. The van der Waals surface area contributed by atoms with Crippen molar-refractivity contribution in [2.24, 2.45) is 7.05 Å². The fraction of sp³-hybridized carbons (Fsp3) is 0.545. The standard InChI is InChI=1S/C11H17N5O3/c1-13-10(17)8-6-19-4-3-16(8)11(18)7-5-14-15(2)9(7)12/h5,8H,3-4,6,12H2,1-2H3,(H,13,17). The molecule has 0 spiro atoms. The van der Waals surface area contributed by atoms with Gasteiger partial charge in [0.25, 0.3) is 5.91 Å². The van der Waals surface area contributed by atoms with Gasteiger partial charge in [-0.25, -0.2) is 0 Å². The van der Waals surface area contributed by atoms with E-state index in [1.54, 1.807) is 7.05 Å². The minimum Gasteiger partial charge on any atom is -0.383 e. The van der Waals surface area contributed by atoms with Gasteiger partial charge in [0.2, 0.25) is 5.91 Å². The molecule has 1 aromatic heterocycles. The van der Waals surface area contributed by atoms with Crippen molar-refractivity contribution in [3.8, 4) is 0 Å². The first-order chi connectivity index (χ1) is 9.06. The molecule has 2 amide bonds. The molecular weight excluding hydrogens is 250 g/mol. The number of amides is 2. The molecule has 8 heteroatoms. The van der Waals surface area contributed by atoms with Crippen LogP contribution in [0.1, 0.15) is 10.4 Å². The lowest BCUT2D eigenvalue weighted by Gasteiger charge is -2.34. The summed E-state index contributed by atoms with van der Waals surface area (Å²) in [6, 6.07) is -0.633. The van der Waals surface area contributed by atoms with E-state index in [-0.39, 0.29) is 24.2 Å². The van der Waals surface area contributed by atoms with Crippen LogP contribution >= 0.6 is 0 Å². The number of carbonyl (C=O) groups excluding carboxylic acids is 2. The van der Waals surface area contributed by atoms with Crippen molar-refractivity contribution in [1.29, 1.82) is 0 Å². The van der Waals surface area contributed by atoms with Crippen molar-refractivity contribution >= 4 is 17.6 Å². The number of likely N-dealkylation sites (N-methyl/N-ethyl adjacent to an activating group) is 1. The highest BCUT2D eigenvalue weighted by Crippen LogP contribution is 2.17. The second-order valence-corrected chi connectivity index (χ2v) is 4.27. The normalized spacial score (nSPS) is 19.3. The number of nitrogens with two attached hydrogens (primary N) is 1. The monoisotopic (exact) mass is 267 g/mol. The quantitative estimate of drug-likeness (QED) is 0.685. The molecule has 3 N–H and O–H groups in total. The van der Waals surface area contributed by atoms with Crippen LogP contribution in [0.2, 0.25) is 0 Å². The fourth-order valence-electron chi connectivity index (χ4n) is 2.00. The zero-order valence-corrected chi connectivity index (χ0v) is 10.9. The molecule has 8 nitrogen and oxygen atoms in total. The molecule has 1 aliphatic heterocycles. The second-order valence-electron chi connectivity index (χ2n) is 4.27. The Kier molecular flexibility index (Phi) is 3.70. The van der Waals surface area contributed by atoms with Gasteiger partial charge in [0.1, 0.15) is 17.4 Å². The van der Waals surface area contributed by atoms with Crippen LogP contribution in [0.15, 0.2) is 6.20 Å². The molecule has 0 aliphatic carbocycles. The molecule has 1 unspecified atom stereocenters. The first-order valence-corrected chi connectivity index (χ1v) is 5.94. The van der Waals surface area contributed by atoms with Crippen LogP contribution < -0.4 is 11.1 Å². The van der Waals surface area contributed by atoms with E-state index in [1.807, 2.05) is 0 Å². The third kappa shape index (κ3) is 2.39. The topological polar surface area (TPSA) is 102 Å². The number of aromatic nitrogens is 2. The van der Waals surface area contributed by atoms with Gasteiger partial charge in [-0.3, -0.25) is 14.3 Å². The van der Waals surface area contributed by atoms with Crippen LogP contribution in [0.25, 0.3) is 0 Å². The maximum absolute atomic E-state index is 12.4. The van der Waals surface area contributed by atoms with E-state index >= 15 is 0 Å². The van der Waals surface area contributed by atoms with Gasteiger partial charge in [-0.2, -0.15) is 5.10 Å². The molecule has 1 aromatic rings. The van der Waals surface area contributed by atoms with Crippen LogP contribution in [0.5, 0.6) is 0 Å². The molecule has 0 bridgehead atoms. The third-order valence-electron chi connectivity index (χ3n) is 3.15. The lowest BCUT2D eigenvalue weighted by molar-refractivity contribution is -0.130. The average molecular weight is 267 g/mol. The van der Waals surface area contributed by atoms with E-state index in [2.05, 4.69) is 10.4 Å². The van der Waals surface area contributed by atoms with Crippen LogP contribution in [-0.2, 0) is 16.6 Å². The maximum Gasteiger partial charge on any atom is 0.260 e. The summed E-state index contributed by atoms with van der Waals surface area (Å²) in [6.45, 7) is 0.941. The minimum atomic E-state index is -0.633. The Morgan fingerprint density at radius 3 is 2.89 bits per heavy atom. The van der Waals surface area contributed by atoms with Crippen molar-refractivity contribution in [3.63, 3.8) is 0 Å². The van der Waals surface area contributed by atoms with E-state index < -0.39 is 6.04 Å². The van der Waals surface area contributed by atoms with Crippen LogP contribution in [0.3, 0.4) is 0 Å². The predicted octanol–water partition coefficient (Wildman–Crippen LogP) is -1.41. The summed E-state index contributed by atoms with van der Waals surface area (Å²) in [5, 5.41) is 6.46. The lowest BCUT2D eigenvalue weighted by Crippen LogP contribution is -2.55. The molecule has 2 heterocycles. The number of aryl methyl sites for hydroxylation is 1. The van der Waals surface area contributed by atoms with Gasteiger partial charge in [-0.05, 0) is 0 Å². The Bertz CT molecular complexity index is 499. The zero-order valence-electron chi connectivity index (χ0n) is 10.9. The van der Waals surface area contributed by atoms with Gasteiger partial charge in [0, 0.05) is 20.6 Å². The molecule has 1 aliphatic rings. The van der Waals surface area contributed by atoms with Crippen LogP contribution in [0, 0.1) is 0 Å². The zero-order chi connectivity index (χ0) is 14.0. The average Bonchev–Trinajstić information content (AvgIpc) is 2.77. The van der Waals surface area contributed by atoms with Crippen molar-refractivity contribution in [3.05, 3.63) is 11.8 Å². The van der Waals surface area contributed by atoms with Gasteiger partial charge >= 0.3 is 0 Å². The number of hydrogen-bond acceptors (Lipinski definition) is 5. The van der Waals surface area contributed by atoms with E-state index in [0.29, 0.717) is 18.7 Å². The highest BCUT2D eigenvalue weighted by molar-refractivity contribution is 6.00. The molecule has 1 saturated heterocycles. The largest absolute Gasteiger partial charge is 0.383 e. The number of hydrogen-bond donors (Lipinski definition) is 2. The summed E-state index contributed by atoms with van der Waals surface area (Å²) in [4.78, 5) is 25.7. The number of carbonyl (C=O) groups is 2. The summed E-state index contributed by atoms with van der Waals surface area (Å²) in [7, 11) is 3.18. The first kappa shape index (κ1) is 13.3. The molecule has 1 atom stereocenters. The smallest absolute Gasteiger partial charge is 0.260 e. The van der Waals surface area contributed by atoms with Gasteiger partial charge in [-0.15, -0.1) is 0 Å². The van der Waals surface area contributed by atoms with E-state index in [0.717, 1.165) is 0 Å². The number of anilines is 1. The Balaban J connectivity index is 2.25. The Labute approximate surface area is 110 Å². The summed E-state index contributed by atoms with van der Waals surface area (Å²) < 4.78 is 6.67. The summed E-state index contributed by atoms with van der Waals surface area (Å²) in [5.41, 5.74) is 6.09. The number of rotatable bonds is 2. The van der Waals surface area contributed by atoms with Crippen molar-refractivity contribution < 1.29 is 14.3 Å². The lowest BCUT2D eigenvalue weighted by atomic mass is 10.1. The van der Waals surface area contributed by atoms with Crippen molar-refractivity contribution in [1.82, 2.24) is 20.0 Å². The molecule has 0 radical (unpaired) electrons. The minimum absolute atomic E-state index is 0.186. The Hall–Kier alpha value is -2.09. The van der Waals surface area contributed by atoms with Crippen LogP contribution in [0.4, 0.5) is 5.82 Å². The third-order valence-corrected chi connectivity index (χ3v) is 3.15. The molecule has 1 fully saturated rings. The molecule has 104 valence electrons. The fourth-order valence-corrected chi connectivity index (χ4v) is 2.00. The number of nitrogen functional groups attached to an aromatic ring is 1. The number of nitrogens with one attached hydrogen (secondary N) is 1. The van der Waals surface area contributed by atoms with Crippen molar-refractivity contribution in [2.45, 2.75) is 6.04 Å². The molecule has 19 heavy (non-hydrogen) atoms. The summed E-state index contributed by atoms with van der Waals surface area (Å²) in [6.07, 6.45) is 1.41. The highest BCUT2D eigenvalue weighted by atomic mass is 16.5. The molecule has 0 aromatic carbocycles. The highest BCUT2D eigenvalue weighted by Gasteiger charge is 2.34. The van der Waals surface area contributed by atoms with Gasteiger partial charge < -0.3 is 20.7 Å². The molecular formula is C11H17N5O3. The summed E-state index contributed by atoms with van der Waals surface area (Å²) in [5.74, 6) is -0.273. The van der Waals surface area contributed by atoms with E-state index in [9.17, 15) is 9.59 Å². The number of morpholine rings is 1. The molecule has 2 rings (SSSR count). The number of nitrogens with zero attached hydrogens (tertiary/aromatic N) is 3. The SMILES string of the molecule is CNC(=O)C1COCCN1C(=O)c1cnn(C)c1N. The first-order valence-electron chi connectivity index (χ1n) is 5.94. The van der Waals surface area contributed by atoms with E-state index in [1.165, 1.54) is 22.8 Å². The van der Waals surface area contributed by atoms with Gasteiger partial charge in [-0.1, -0.05) is 0 Å². The van der Waals surface area contributed by atoms with Crippen LogP contribution in [-0.4, -0.2) is 59.3 Å². The Morgan fingerprint density at radius 1 is 1.58 bits per heavy atom. The summed E-state index contributed by atoms with van der Waals surface area (Å²) >= 11 is 0. The number of ether oxygens (including phenoxy) is 1. The van der Waals surface area contributed by atoms with Gasteiger partial charge in [0.05, 0.1) is 19.4 Å². The predicted molar refractivity (Wildman–Crippen MR) is 67.3 cm³/mol. The maximum atomic E-state index is 12.4. The second kappa shape index (κ2) is 5.27. The molecule has 0 saturated carbocycles. The van der Waals surface area contributed by atoms with Gasteiger partial charge in [0.15, 0.2) is 0 Å². The van der Waals surface area contributed by atoms with E-state index in [4.69, 9.17) is 10.5 Å².